The first kappa shape index (κ1) is 8.55. The molecule has 0 aromatic carbocycles. The maximum Gasteiger partial charge on any atom is 0.183 e. The molecule has 1 heterocycles. The van der Waals surface area contributed by atoms with Gasteiger partial charge >= 0.3 is 0 Å². The molecule has 1 aliphatic rings. The Morgan fingerprint density at radius 1 is 1.75 bits per heavy atom. The van der Waals surface area contributed by atoms with Crippen molar-refractivity contribution in [1.29, 1.82) is 0 Å². The highest BCUT2D eigenvalue weighted by molar-refractivity contribution is 5.95. The van der Waals surface area contributed by atoms with Crippen LogP contribution in [0.4, 0.5) is 0 Å². The van der Waals surface area contributed by atoms with E-state index in [2.05, 4.69) is 6.58 Å². The molecule has 0 aromatic rings. The van der Waals surface area contributed by atoms with Gasteiger partial charge in [0.05, 0.1) is 0 Å². The van der Waals surface area contributed by atoms with Gasteiger partial charge in [0.1, 0.15) is 11.9 Å². The molecule has 0 spiro atoms. The van der Waals surface area contributed by atoms with Crippen LogP contribution in [0.3, 0.4) is 0 Å². The van der Waals surface area contributed by atoms with Gasteiger partial charge in [0.15, 0.2) is 5.78 Å². The Morgan fingerprint density at radius 3 is 3.00 bits per heavy atom. The molecule has 1 atom stereocenters. The van der Waals surface area contributed by atoms with Crippen LogP contribution in [0.2, 0.25) is 0 Å². The number of carbonyl (C=O) groups is 1. The second-order valence-electron chi connectivity index (χ2n) is 2.44. The number of hydrazine groups is 1. The van der Waals surface area contributed by atoms with Gasteiger partial charge < -0.3 is 5.73 Å². The molecule has 0 saturated carbocycles. The molecule has 0 fully saturated rings. The molecule has 4 heteroatoms. The second kappa shape index (κ2) is 3.23. The lowest BCUT2D eigenvalue weighted by atomic mass is 10.1. The topological polar surface area (TPSA) is 72.4 Å². The van der Waals surface area contributed by atoms with E-state index in [1.807, 2.05) is 0 Å². The van der Waals surface area contributed by atoms with E-state index in [0.717, 1.165) is 0 Å². The Hall–Kier alpha value is -1.55. The standard InChI is InChI=1S/C8H11N3O/c1-2-7(12)6-4-3-5-8(9)11(6)10/h2-6H,1,9-10H2. The molecule has 1 aliphatic heterocycles. The molecular weight excluding hydrogens is 154 g/mol. The van der Waals surface area contributed by atoms with Crippen LogP contribution in [0, 0.1) is 0 Å². The number of hydrogen-bond acceptors (Lipinski definition) is 4. The van der Waals surface area contributed by atoms with Gasteiger partial charge in [0, 0.05) is 0 Å². The maximum absolute atomic E-state index is 11.1. The van der Waals surface area contributed by atoms with Crippen LogP contribution in [-0.4, -0.2) is 16.8 Å². The average Bonchev–Trinajstić information content (AvgIpc) is 2.08. The minimum absolute atomic E-state index is 0.162. The summed E-state index contributed by atoms with van der Waals surface area (Å²) in [4.78, 5) is 11.1. The summed E-state index contributed by atoms with van der Waals surface area (Å²) in [6, 6.07) is -0.507. The fourth-order valence-corrected chi connectivity index (χ4v) is 0.951. The number of carbonyl (C=O) groups excluding carboxylic acids is 1. The number of rotatable bonds is 2. The molecule has 0 aromatic heterocycles. The van der Waals surface area contributed by atoms with Gasteiger partial charge in [-0.1, -0.05) is 18.7 Å². The summed E-state index contributed by atoms with van der Waals surface area (Å²) < 4.78 is 0. The summed E-state index contributed by atoms with van der Waals surface area (Å²) in [6.45, 7) is 3.37. The molecule has 1 rings (SSSR count). The van der Waals surface area contributed by atoms with Crippen molar-refractivity contribution in [3.63, 3.8) is 0 Å². The van der Waals surface area contributed by atoms with Gasteiger partial charge in [-0.05, 0) is 12.2 Å². The zero-order chi connectivity index (χ0) is 9.14. The molecule has 12 heavy (non-hydrogen) atoms. The monoisotopic (exact) mass is 165 g/mol. The van der Waals surface area contributed by atoms with Crippen LogP contribution in [0.25, 0.3) is 0 Å². The Morgan fingerprint density at radius 2 is 2.42 bits per heavy atom. The molecule has 0 saturated heterocycles. The summed E-state index contributed by atoms with van der Waals surface area (Å²) >= 11 is 0. The van der Waals surface area contributed by atoms with Gasteiger partial charge in [-0.3, -0.25) is 9.80 Å². The van der Waals surface area contributed by atoms with Crippen molar-refractivity contribution in [3.8, 4) is 0 Å². The minimum atomic E-state index is -0.507. The van der Waals surface area contributed by atoms with Crippen LogP contribution in [-0.2, 0) is 4.79 Å². The molecule has 0 amide bonds. The molecule has 0 radical (unpaired) electrons. The first-order valence-electron chi connectivity index (χ1n) is 3.51. The van der Waals surface area contributed by atoms with Crippen molar-refractivity contribution in [2.45, 2.75) is 6.04 Å². The van der Waals surface area contributed by atoms with Crippen molar-refractivity contribution in [2.24, 2.45) is 11.6 Å². The summed E-state index contributed by atoms with van der Waals surface area (Å²) in [5.74, 6) is 5.73. The van der Waals surface area contributed by atoms with E-state index in [-0.39, 0.29) is 5.78 Å². The van der Waals surface area contributed by atoms with Crippen molar-refractivity contribution in [3.05, 3.63) is 36.7 Å². The predicted molar refractivity (Wildman–Crippen MR) is 46.4 cm³/mol. The molecule has 0 aliphatic carbocycles. The zero-order valence-corrected chi connectivity index (χ0v) is 6.60. The van der Waals surface area contributed by atoms with Crippen LogP contribution < -0.4 is 11.6 Å². The zero-order valence-electron chi connectivity index (χ0n) is 6.60. The average molecular weight is 165 g/mol. The Labute approximate surface area is 70.8 Å². The first-order chi connectivity index (χ1) is 5.66. The van der Waals surface area contributed by atoms with Crippen molar-refractivity contribution >= 4 is 5.78 Å². The lowest BCUT2D eigenvalue weighted by Gasteiger charge is -2.26. The SMILES string of the molecule is C=CC(=O)C1C=CC=C(N)N1N. The molecule has 64 valence electrons. The fraction of sp³-hybridized carbons (Fsp3) is 0.125. The molecule has 0 bridgehead atoms. The Kier molecular flexibility index (Phi) is 2.30. The van der Waals surface area contributed by atoms with Crippen molar-refractivity contribution in [2.75, 3.05) is 0 Å². The van der Waals surface area contributed by atoms with Crippen molar-refractivity contribution < 1.29 is 4.79 Å². The second-order valence-corrected chi connectivity index (χ2v) is 2.44. The fourth-order valence-electron chi connectivity index (χ4n) is 0.951. The number of ketones is 1. The van der Waals surface area contributed by atoms with Crippen molar-refractivity contribution in [1.82, 2.24) is 5.01 Å². The summed E-state index contributed by atoms with van der Waals surface area (Å²) in [6.07, 6.45) is 6.23. The smallest absolute Gasteiger partial charge is 0.183 e. The van der Waals surface area contributed by atoms with E-state index in [0.29, 0.717) is 5.82 Å². The summed E-state index contributed by atoms with van der Waals surface area (Å²) in [7, 11) is 0. The highest BCUT2D eigenvalue weighted by Crippen LogP contribution is 2.08. The van der Waals surface area contributed by atoms with Gasteiger partial charge in [0.25, 0.3) is 0 Å². The van der Waals surface area contributed by atoms with Crippen LogP contribution >= 0.6 is 0 Å². The normalized spacial score (nSPS) is 21.9. The number of hydrogen-bond donors (Lipinski definition) is 2. The largest absolute Gasteiger partial charge is 0.384 e. The van der Waals surface area contributed by atoms with Gasteiger partial charge in [-0.15, -0.1) is 0 Å². The number of nitrogens with two attached hydrogens (primary N) is 2. The van der Waals surface area contributed by atoms with E-state index in [1.165, 1.54) is 11.1 Å². The summed E-state index contributed by atoms with van der Waals surface area (Å²) in [5, 5.41) is 1.21. The third-order valence-corrected chi connectivity index (χ3v) is 1.65. The van der Waals surface area contributed by atoms with Gasteiger partial charge in [-0.25, -0.2) is 5.84 Å². The lowest BCUT2D eigenvalue weighted by molar-refractivity contribution is -0.117. The molecular formula is C8H11N3O. The van der Waals surface area contributed by atoms with E-state index in [4.69, 9.17) is 11.6 Å². The van der Waals surface area contributed by atoms with Crippen LogP contribution in [0.5, 0.6) is 0 Å². The van der Waals surface area contributed by atoms with Gasteiger partial charge in [-0.2, -0.15) is 0 Å². The quantitative estimate of drug-likeness (QED) is 0.433. The van der Waals surface area contributed by atoms with Crippen LogP contribution in [0.15, 0.2) is 36.7 Å². The van der Waals surface area contributed by atoms with E-state index < -0.39 is 6.04 Å². The highest BCUT2D eigenvalue weighted by Gasteiger charge is 2.20. The third kappa shape index (κ3) is 1.38. The van der Waals surface area contributed by atoms with E-state index in [9.17, 15) is 4.79 Å². The van der Waals surface area contributed by atoms with E-state index in [1.54, 1.807) is 18.2 Å². The molecule has 4 N–H and O–H groups in total. The minimum Gasteiger partial charge on any atom is -0.384 e. The first-order valence-corrected chi connectivity index (χ1v) is 3.51. The maximum atomic E-state index is 11.1. The highest BCUT2D eigenvalue weighted by atomic mass is 16.1. The summed E-state index contributed by atoms with van der Waals surface area (Å²) in [5.41, 5.74) is 5.49. The molecule has 4 nitrogen and oxygen atoms in total. The van der Waals surface area contributed by atoms with E-state index >= 15 is 0 Å². The Bertz CT molecular complexity index is 267. The third-order valence-electron chi connectivity index (χ3n) is 1.65. The lowest BCUT2D eigenvalue weighted by Crippen LogP contribution is -2.46. The van der Waals surface area contributed by atoms with Gasteiger partial charge in [0.2, 0.25) is 0 Å². The number of nitrogens with zero attached hydrogens (tertiary/aromatic N) is 1. The number of allylic oxidation sites excluding steroid dienone is 2. The van der Waals surface area contributed by atoms with Crippen LogP contribution in [0.1, 0.15) is 0 Å². The Balaban J connectivity index is 2.83. The predicted octanol–water partition coefficient (Wildman–Crippen LogP) is -0.344. The molecule has 1 unspecified atom stereocenters.